The molecule has 1 aromatic rings. The molecule has 0 bridgehead atoms. The van der Waals surface area contributed by atoms with Gasteiger partial charge in [-0.2, -0.15) is 13.2 Å². The van der Waals surface area contributed by atoms with Crippen LogP contribution >= 0.6 is 0 Å². The smallest absolute Gasteiger partial charge is 0.373 e. The number of alkyl halides is 3. The lowest BCUT2D eigenvalue weighted by Crippen LogP contribution is -2.46. The van der Waals surface area contributed by atoms with E-state index in [9.17, 15) is 18.0 Å². The van der Waals surface area contributed by atoms with Gasteiger partial charge in [-0.1, -0.05) is 0 Å². The SMILES string of the molecule is NCC1CN(c2ccc(C(F)(F)F)cc2C(N)=O)CCO1. The van der Waals surface area contributed by atoms with E-state index < -0.39 is 17.6 Å². The molecule has 116 valence electrons. The summed E-state index contributed by atoms with van der Waals surface area (Å²) in [7, 11) is 0. The van der Waals surface area contributed by atoms with Crippen molar-refractivity contribution < 1.29 is 22.7 Å². The van der Waals surface area contributed by atoms with Gasteiger partial charge < -0.3 is 21.1 Å². The second-order valence-electron chi connectivity index (χ2n) is 4.77. The number of primary amides is 1. The summed E-state index contributed by atoms with van der Waals surface area (Å²) in [5, 5.41) is 0. The van der Waals surface area contributed by atoms with Gasteiger partial charge in [0, 0.05) is 25.3 Å². The lowest BCUT2D eigenvalue weighted by molar-refractivity contribution is -0.137. The fraction of sp³-hybridized carbons (Fsp3) is 0.462. The van der Waals surface area contributed by atoms with Crippen LogP contribution in [0.3, 0.4) is 0 Å². The van der Waals surface area contributed by atoms with Crippen molar-refractivity contribution in [3.8, 4) is 0 Å². The minimum absolute atomic E-state index is 0.150. The van der Waals surface area contributed by atoms with Crippen LogP contribution < -0.4 is 16.4 Å². The Morgan fingerprint density at radius 3 is 2.71 bits per heavy atom. The molecule has 1 unspecified atom stereocenters. The molecule has 1 aliphatic heterocycles. The monoisotopic (exact) mass is 303 g/mol. The molecule has 5 nitrogen and oxygen atoms in total. The summed E-state index contributed by atoms with van der Waals surface area (Å²) in [5.41, 5.74) is 10.1. The van der Waals surface area contributed by atoms with Gasteiger partial charge in [0.25, 0.3) is 5.91 Å². The Hall–Kier alpha value is -1.80. The largest absolute Gasteiger partial charge is 0.416 e. The Morgan fingerprint density at radius 1 is 1.43 bits per heavy atom. The average molecular weight is 303 g/mol. The summed E-state index contributed by atoms with van der Waals surface area (Å²) in [6.45, 7) is 1.55. The van der Waals surface area contributed by atoms with Crippen molar-refractivity contribution in [2.75, 3.05) is 31.1 Å². The van der Waals surface area contributed by atoms with Crippen LogP contribution in [0.4, 0.5) is 18.9 Å². The van der Waals surface area contributed by atoms with Crippen molar-refractivity contribution in [2.45, 2.75) is 12.3 Å². The molecule has 1 heterocycles. The van der Waals surface area contributed by atoms with Gasteiger partial charge in [0.1, 0.15) is 0 Å². The standard InChI is InChI=1S/C13H16F3N3O2/c14-13(15,16)8-1-2-11(10(5-8)12(18)20)19-3-4-21-9(6-17)7-19/h1-2,5,9H,3-4,6-7,17H2,(H2,18,20). The van der Waals surface area contributed by atoms with Crippen LogP contribution in [0.2, 0.25) is 0 Å². The normalized spacial score (nSPS) is 19.6. The van der Waals surface area contributed by atoms with Crippen molar-refractivity contribution in [1.29, 1.82) is 0 Å². The van der Waals surface area contributed by atoms with E-state index in [-0.39, 0.29) is 11.7 Å². The number of anilines is 1. The maximum atomic E-state index is 12.7. The van der Waals surface area contributed by atoms with E-state index in [1.165, 1.54) is 6.07 Å². The summed E-state index contributed by atoms with van der Waals surface area (Å²) in [6.07, 6.45) is -4.74. The molecule has 1 fully saturated rings. The predicted octanol–water partition coefficient (Wildman–Crippen LogP) is 0.968. The molecule has 0 saturated carbocycles. The number of benzene rings is 1. The number of carbonyl (C=O) groups is 1. The van der Waals surface area contributed by atoms with Gasteiger partial charge in [0.05, 0.1) is 23.8 Å². The molecule has 8 heteroatoms. The third-order valence-corrected chi connectivity index (χ3v) is 3.33. The number of nitrogens with zero attached hydrogens (tertiary/aromatic N) is 1. The lowest BCUT2D eigenvalue weighted by atomic mass is 10.1. The first-order chi connectivity index (χ1) is 9.82. The van der Waals surface area contributed by atoms with Gasteiger partial charge in [-0.15, -0.1) is 0 Å². The molecule has 4 N–H and O–H groups in total. The zero-order chi connectivity index (χ0) is 15.6. The highest BCUT2D eigenvalue weighted by Gasteiger charge is 2.32. The molecule has 0 spiro atoms. The molecule has 1 aromatic carbocycles. The fourth-order valence-electron chi connectivity index (χ4n) is 2.27. The van der Waals surface area contributed by atoms with Crippen LogP contribution in [0.1, 0.15) is 15.9 Å². The van der Waals surface area contributed by atoms with Crippen molar-refractivity contribution in [3.05, 3.63) is 29.3 Å². The highest BCUT2D eigenvalue weighted by atomic mass is 19.4. The molecule has 1 saturated heterocycles. The summed E-state index contributed by atoms with van der Waals surface area (Å²) in [4.78, 5) is 13.2. The Kier molecular flexibility index (Phi) is 4.38. The second kappa shape index (κ2) is 5.90. The van der Waals surface area contributed by atoms with E-state index in [4.69, 9.17) is 16.2 Å². The molecule has 2 rings (SSSR count). The minimum atomic E-state index is -4.52. The molecular weight excluding hydrogens is 287 g/mol. The van der Waals surface area contributed by atoms with Crippen LogP contribution in [0.5, 0.6) is 0 Å². The van der Waals surface area contributed by atoms with Crippen molar-refractivity contribution in [3.63, 3.8) is 0 Å². The molecule has 1 amide bonds. The van der Waals surface area contributed by atoms with Gasteiger partial charge in [0.15, 0.2) is 0 Å². The Labute approximate surface area is 119 Å². The molecule has 1 aliphatic rings. The number of hydrogen-bond acceptors (Lipinski definition) is 4. The molecule has 0 aromatic heterocycles. The van der Waals surface area contributed by atoms with E-state index in [1.54, 1.807) is 4.90 Å². The predicted molar refractivity (Wildman–Crippen MR) is 71.0 cm³/mol. The fourth-order valence-corrected chi connectivity index (χ4v) is 2.27. The van der Waals surface area contributed by atoms with Gasteiger partial charge in [0.2, 0.25) is 0 Å². The number of morpholine rings is 1. The highest BCUT2D eigenvalue weighted by Crippen LogP contribution is 2.33. The number of hydrogen-bond donors (Lipinski definition) is 2. The Balaban J connectivity index is 2.37. The zero-order valence-corrected chi connectivity index (χ0v) is 11.2. The first-order valence-electron chi connectivity index (χ1n) is 6.40. The topological polar surface area (TPSA) is 81.6 Å². The highest BCUT2D eigenvalue weighted by molar-refractivity contribution is 5.99. The van der Waals surface area contributed by atoms with Crippen LogP contribution in [-0.2, 0) is 10.9 Å². The quantitative estimate of drug-likeness (QED) is 0.872. The van der Waals surface area contributed by atoms with E-state index in [0.717, 1.165) is 12.1 Å². The van der Waals surface area contributed by atoms with E-state index in [2.05, 4.69) is 0 Å². The van der Waals surface area contributed by atoms with Gasteiger partial charge >= 0.3 is 6.18 Å². The molecule has 21 heavy (non-hydrogen) atoms. The van der Waals surface area contributed by atoms with Crippen LogP contribution in [-0.4, -0.2) is 38.3 Å². The van der Waals surface area contributed by atoms with Gasteiger partial charge in [-0.3, -0.25) is 4.79 Å². The molecular formula is C13H16F3N3O2. The van der Waals surface area contributed by atoms with E-state index in [1.807, 2.05) is 0 Å². The number of nitrogens with two attached hydrogens (primary N) is 2. The van der Waals surface area contributed by atoms with E-state index >= 15 is 0 Å². The maximum Gasteiger partial charge on any atom is 0.416 e. The molecule has 0 radical (unpaired) electrons. The third kappa shape index (κ3) is 3.45. The number of rotatable bonds is 3. The third-order valence-electron chi connectivity index (χ3n) is 3.33. The number of ether oxygens (including phenoxy) is 1. The Bertz CT molecular complexity index is 534. The molecule has 0 aliphatic carbocycles. The lowest BCUT2D eigenvalue weighted by Gasteiger charge is -2.35. The van der Waals surface area contributed by atoms with Crippen LogP contribution in [0.25, 0.3) is 0 Å². The Morgan fingerprint density at radius 2 is 2.14 bits per heavy atom. The molecule has 1 atom stereocenters. The summed E-state index contributed by atoms with van der Waals surface area (Å²) >= 11 is 0. The van der Waals surface area contributed by atoms with Gasteiger partial charge in [-0.25, -0.2) is 0 Å². The maximum absolute atomic E-state index is 12.7. The van der Waals surface area contributed by atoms with Crippen LogP contribution in [0, 0.1) is 0 Å². The zero-order valence-electron chi connectivity index (χ0n) is 11.2. The van der Waals surface area contributed by atoms with Crippen LogP contribution in [0.15, 0.2) is 18.2 Å². The summed E-state index contributed by atoms with van der Waals surface area (Å²) in [6, 6.07) is 2.99. The minimum Gasteiger partial charge on any atom is -0.373 e. The second-order valence-corrected chi connectivity index (χ2v) is 4.77. The number of halogens is 3. The average Bonchev–Trinajstić information content (AvgIpc) is 2.45. The van der Waals surface area contributed by atoms with E-state index in [0.29, 0.717) is 31.9 Å². The first kappa shape index (κ1) is 15.6. The first-order valence-corrected chi connectivity index (χ1v) is 6.40. The van der Waals surface area contributed by atoms with Crippen molar-refractivity contribution in [2.24, 2.45) is 11.5 Å². The number of carbonyl (C=O) groups excluding carboxylic acids is 1. The number of amides is 1. The van der Waals surface area contributed by atoms with Gasteiger partial charge in [-0.05, 0) is 18.2 Å². The summed E-state index contributed by atoms with van der Waals surface area (Å²) < 4.78 is 43.6. The van der Waals surface area contributed by atoms with Crippen molar-refractivity contribution >= 4 is 11.6 Å². The summed E-state index contributed by atoms with van der Waals surface area (Å²) in [5.74, 6) is -0.896. The van der Waals surface area contributed by atoms with Crippen molar-refractivity contribution in [1.82, 2.24) is 0 Å².